The van der Waals surface area contributed by atoms with Gasteiger partial charge >= 0.3 is 0 Å². The normalized spacial score (nSPS) is 12.0. The monoisotopic (exact) mass is 599 g/mol. The summed E-state index contributed by atoms with van der Waals surface area (Å²) >= 11 is 6.29. The van der Waals surface area contributed by atoms with Crippen LogP contribution in [0.5, 0.6) is 5.75 Å². The Morgan fingerprint density at radius 3 is 2.22 bits per heavy atom. The van der Waals surface area contributed by atoms with E-state index in [4.69, 9.17) is 16.3 Å². The fourth-order valence-electron chi connectivity index (χ4n) is 4.42. The molecule has 41 heavy (non-hydrogen) atoms. The summed E-state index contributed by atoms with van der Waals surface area (Å²) < 4.78 is 34.4. The second-order valence-electron chi connectivity index (χ2n) is 9.84. The number of hydrogen-bond donors (Lipinski definition) is 1. The second-order valence-corrected chi connectivity index (χ2v) is 12.1. The van der Waals surface area contributed by atoms with E-state index in [1.165, 1.54) is 23.1 Å². The number of carbonyl (C=O) groups excluding carboxylic acids is 2. The number of nitrogens with zero attached hydrogens (tertiary/aromatic N) is 2. The number of anilines is 1. The van der Waals surface area contributed by atoms with Gasteiger partial charge in [-0.05, 0) is 74.2 Å². The molecule has 0 aliphatic heterocycles. The Morgan fingerprint density at radius 2 is 1.63 bits per heavy atom. The largest absolute Gasteiger partial charge is 0.497 e. The van der Waals surface area contributed by atoms with Crippen LogP contribution >= 0.6 is 11.6 Å². The van der Waals surface area contributed by atoms with Crippen LogP contribution in [0.3, 0.4) is 0 Å². The Labute approximate surface area is 248 Å². The van der Waals surface area contributed by atoms with Crippen molar-refractivity contribution in [3.05, 3.63) is 88.4 Å². The molecule has 2 amide bonds. The summed E-state index contributed by atoms with van der Waals surface area (Å²) in [6.07, 6.45) is 1.09. The molecule has 1 N–H and O–H groups in total. The van der Waals surface area contributed by atoms with Crippen LogP contribution in [0, 0.1) is 13.8 Å². The van der Waals surface area contributed by atoms with Crippen molar-refractivity contribution in [2.45, 2.75) is 58.0 Å². The van der Waals surface area contributed by atoms with Crippen molar-refractivity contribution >= 4 is 39.1 Å². The van der Waals surface area contributed by atoms with Gasteiger partial charge < -0.3 is 15.0 Å². The van der Waals surface area contributed by atoms with Gasteiger partial charge in [-0.2, -0.15) is 0 Å². The lowest BCUT2D eigenvalue weighted by atomic mass is 10.1. The van der Waals surface area contributed by atoms with E-state index in [2.05, 4.69) is 5.32 Å². The second kappa shape index (κ2) is 14.4. The summed E-state index contributed by atoms with van der Waals surface area (Å²) in [5.41, 5.74) is 2.60. The van der Waals surface area contributed by atoms with Gasteiger partial charge in [0.25, 0.3) is 10.0 Å². The number of aryl methyl sites for hydroxylation is 2. The number of nitrogens with one attached hydrogen (secondary N) is 1. The summed E-state index contributed by atoms with van der Waals surface area (Å²) in [6.45, 7) is 7.45. The van der Waals surface area contributed by atoms with Crippen LogP contribution in [0.25, 0.3) is 0 Å². The number of carbonyl (C=O) groups is 2. The molecule has 0 bridgehead atoms. The predicted molar refractivity (Wildman–Crippen MR) is 163 cm³/mol. The van der Waals surface area contributed by atoms with Crippen LogP contribution in [-0.4, -0.2) is 51.4 Å². The SMILES string of the molecule is CCCNC(=O)[C@H](CC)N(Cc1ccc(OC)cc1)C(=O)CN(c1cc(Cl)ccc1C)S(=O)(=O)c1ccc(C)cc1. The van der Waals surface area contributed by atoms with E-state index in [1.807, 2.05) is 32.9 Å². The van der Waals surface area contributed by atoms with Crippen LogP contribution in [0.2, 0.25) is 5.02 Å². The third-order valence-electron chi connectivity index (χ3n) is 6.77. The Hall–Kier alpha value is -3.56. The average molecular weight is 600 g/mol. The molecule has 1 atom stereocenters. The van der Waals surface area contributed by atoms with Crippen LogP contribution in [0.4, 0.5) is 5.69 Å². The van der Waals surface area contributed by atoms with Gasteiger partial charge in [0.1, 0.15) is 18.3 Å². The van der Waals surface area contributed by atoms with Crippen LogP contribution in [0.15, 0.2) is 71.6 Å². The average Bonchev–Trinajstić information content (AvgIpc) is 2.96. The smallest absolute Gasteiger partial charge is 0.264 e. The highest BCUT2D eigenvalue weighted by molar-refractivity contribution is 7.92. The molecule has 0 aliphatic carbocycles. The topological polar surface area (TPSA) is 96.0 Å². The molecule has 10 heteroatoms. The zero-order valence-electron chi connectivity index (χ0n) is 24.2. The van der Waals surface area contributed by atoms with E-state index in [-0.39, 0.29) is 17.3 Å². The number of hydrogen-bond acceptors (Lipinski definition) is 5. The van der Waals surface area contributed by atoms with Gasteiger partial charge in [0.05, 0.1) is 17.7 Å². The molecule has 0 aliphatic rings. The number of rotatable bonds is 13. The molecular formula is C31H38ClN3O5S. The van der Waals surface area contributed by atoms with E-state index in [0.717, 1.165) is 21.9 Å². The minimum Gasteiger partial charge on any atom is -0.497 e. The van der Waals surface area contributed by atoms with Crippen molar-refractivity contribution < 1.29 is 22.7 Å². The molecule has 3 aromatic rings. The van der Waals surface area contributed by atoms with E-state index in [0.29, 0.717) is 35.0 Å². The number of benzene rings is 3. The number of sulfonamides is 1. The highest BCUT2D eigenvalue weighted by Crippen LogP contribution is 2.30. The van der Waals surface area contributed by atoms with Gasteiger partial charge in [0.2, 0.25) is 11.8 Å². The minimum atomic E-state index is -4.18. The maximum Gasteiger partial charge on any atom is 0.264 e. The molecule has 0 aromatic heterocycles. The first kappa shape index (κ1) is 32.0. The van der Waals surface area contributed by atoms with Crippen molar-refractivity contribution in [1.29, 1.82) is 0 Å². The molecule has 0 radical (unpaired) electrons. The lowest BCUT2D eigenvalue weighted by Gasteiger charge is -2.33. The first-order valence-electron chi connectivity index (χ1n) is 13.6. The van der Waals surface area contributed by atoms with Gasteiger partial charge in [-0.15, -0.1) is 0 Å². The standard InChI is InChI=1S/C31H38ClN3O5S/c1-6-18-33-31(37)28(7-2)34(20-24-11-14-26(40-5)15-12-24)30(36)21-35(29-19-25(32)13-10-23(29)4)41(38,39)27-16-8-22(3)9-17-27/h8-17,19,28H,6-7,18,20-21H2,1-5H3,(H,33,37)/t28-/m0/s1. The molecule has 0 saturated heterocycles. The van der Waals surface area contributed by atoms with Crippen molar-refractivity contribution in [2.24, 2.45) is 0 Å². The quantitative estimate of drug-likeness (QED) is 0.280. The first-order chi connectivity index (χ1) is 19.5. The van der Waals surface area contributed by atoms with E-state index in [1.54, 1.807) is 50.4 Å². The molecule has 0 heterocycles. The van der Waals surface area contributed by atoms with Gasteiger partial charge in [0.15, 0.2) is 0 Å². The maximum atomic E-state index is 14.1. The van der Waals surface area contributed by atoms with Crippen LogP contribution < -0.4 is 14.4 Å². The van der Waals surface area contributed by atoms with Gasteiger partial charge in [-0.1, -0.05) is 61.3 Å². The molecule has 0 saturated carbocycles. The first-order valence-corrected chi connectivity index (χ1v) is 15.4. The lowest BCUT2D eigenvalue weighted by Crippen LogP contribution is -2.52. The van der Waals surface area contributed by atoms with Gasteiger partial charge in [-0.25, -0.2) is 8.42 Å². The number of methoxy groups -OCH3 is 1. The molecule has 220 valence electrons. The molecular weight excluding hydrogens is 562 g/mol. The molecule has 3 aromatic carbocycles. The Kier molecular flexibility index (Phi) is 11.2. The maximum absolute atomic E-state index is 14.1. The summed E-state index contributed by atoms with van der Waals surface area (Å²) in [6, 6.07) is 17.7. The summed E-state index contributed by atoms with van der Waals surface area (Å²) in [5.74, 6) is -0.149. The van der Waals surface area contributed by atoms with E-state index >= 15 is 0 Å². The van der Waals surface area contributed by atoms with Crippen LogP contribution in [0.1, 0.15) is 43.4 Å². The zero-order valence-corrected chi connectivity index (χ0v) is 25.8. The van der Waals surface area contributed by atoms with Crippen LogP contribution in [-0.2, 0) is 26.2 Å². The molecule has 8 nitrogen and oxygen atoms in total. The molecule has 3 rings (SSSR count). The van der Waals surface area contributed by atoms with Crippen molar-refractivity contribution in [2.75, 3.05) is 24.5 Å². The van der Waals surface area contributed by atoms with Crippen molar-refractivity contribution in [3.8, 4) is 5.75 Å². The van der Waals surface area contributed by atoms with E-state index in [9.17, 15) is 18.0 Å². The minimum absolute atomic E-state index is 0.0460. The number of ether oxygens (including phenoxy) is 1. The third kappa shape index (κ3) is 8.01. The summed E-state index contributed by atoms with van der Waals surface area (Å²) in [5, 5.41) is 3.22. The Morgan fingerprint density at radius 1 is 0.976 bits per heavy atom. The molecule has 0 fully saturated rings. The fourth-order valence-corrected chi connectivity index (χ4v) is 6.05. The van der Waals surface area contributed by atoms with Gasteiger partial charge in [0, 0.05) is 18.1 Å². The van der Waals surface area contributed by atoms with E-state index < -0.39 is 28.5 Å². The summed E-state index contributed by atoms with van der Waals surface area (Å²) in [4.78, 5) is 28.8. The Bertz CT molecular complexity index is 1440. The molecule has 0 unspecified atom stereocenters. The Balaban J connectivity index is 2.08. The summed E-state index contributed by atoms with van der Waals surface area (Å²) in [7, 11) is -2.61. The van der Waals surface area contributed by atoms with Crippen molar-refractivity contribution in [1.82, 2.24) is 10.2 Å². The predicted octanol–water partition coefficient (Wildman–Crippen LogP) is 5.49. The number of amides is 2. The highest BCUT2D eigenvalue weighted by atomic mass is 35.5. The van der Waals surface area contributed by atoms with Gasteiger partial charge in [-0.3, -0.25) is 13.9 Å². The third-order valence-corrected chi connectivity index (χ3v) is 8.78. The fraction of sp³-hybridized carbons (Fsp3) is 0.355. The number of halogens is 1. The lowest BCUT2D eigenvalue weighted by molar-refractivity contribution is -0.140. The zero-order chi connectivity index (χ0) is 30.2. The molecule has 0 spiro atoms. The van der Waals surface area contributed by atoms with Crippen molar-refractivity contribution in [3.63, 3.8) is 0 Å². The highest BCUT2D eigenvalue weighted by Gasteiger charge is 2.34.